The van der Waals surface area contributed by atoms with E-state index in [4.69, 9.17) is 9.15 Å². The van der Waals surface area contributed by atoms with Crippen LogP contribution in [0.3, 0.4) is 0 Å². The van der Waals surface area contributed by atoms with Crippen LogP contribution in [0.1, 0.15) is 18.1 Å². The molecule has 1 aromatic heterocycles. The summed E-state index contributed by atoms with van der Waals surface area (Å²) >= 11 is 0. The van der Waals surface area contributed by atoms with E-state index in [9.17, 15) is 9.59 Å². The lowest BCUT2D eigenvalue weighted by Gasteiger charge is -2.20. The Morgan fingerprint density at radius 2 is 1.89 bits per heavy atom. The van der Waals surface area contributed by atoms with Crippen LogP contribution in [0.4, 0.5) is 5.69 Å². The molecule has 2 aromatic carbocycles. The molecule has 0 saturated carbocycles. The van der Waals surface area contributed by atoms with Crippen LogP contribution in [0.5, 0.6) is 5.75 Å². The van der Waals surface area contributed by atoms with Gasteiger partial charge in [-0.05, 0) is 54.9 Å². The van der Waals surface area contributed by atoms with Gasteiger partial charge in [0, 0.05) is 23.7 Å². The van der Waals surface area contributed by atoms with Crippen molar-refractivity contribution in [3.63, 3.8) is 0 Å². The molecule has 0 radical (unpaired) electrons. The van der Waals surface area contributed by atoms with Crippen molar-refractivity contribution < 1.29 is 13.9 Å². The molecular weight excluding hydrogens is 356 g/mol. The number of hydrogen-bond donors (Lipinski definition) is 1. The first-order chi connectivity index (χ1) is 13.5. The van der Waals surface area contributed by atoms with Gasteiger partial charge in [0.1, 0.15) is 11.3 Å². The van der Waals surface area contributed by atoms with Crippen molar-refractivity contribution in [3.05, 3.63) is 70.1 Å². The number of hydrogen-bond acceptors (Lipinski definition) is 5. The molecule has 3 rings (SSSR count). The normalized spacial score (nSPS) is 11.0. The zero-order valence-corrected chi connectivity index (χ0v) is 16.3. The van der Waals surface area contributed by atoms with Gasteiger partial charge in [0.05, 0.1) is 13.7 Å². The molecule has 6 heteroatoms. The summed E-state index contributed by atoms with van der Waals surface area (Å²) in [5, 5.41) is 3.77. The summed E-state index contributed by atoms with van der Waals surface area (Å²) in [6.07, 6.45) is 0. The van der Waals surface area contributed by atoms with E-state index in [1.54, 1.807) is 31.4 Å². The summed E-state index contributed by atoms with van der Waals surface area (Å²) in [7, 11) is 1.60. The maximum atomic E-state index is 12.4. The van der Waals surface area contributed by atoms with Gasteiger partial charge in [-0.25, -0.2) is 4.79 Å². The average Bonchev–Trinajstić information content (AvgIpc) is 2.67. The minimum atomic E-state index is -0.383. The van der Waals surface area contributed by atoms with Crippen molar-refractivity contribution >= 4 is 22.6 Å². The molecule has 0 aliphatic rings. The summed E-state index contributed by atoms with van der Waals surface area (Å²) in [5.74, 6) is 0.619. The van der Waals surface area contributed by atoms with Gasteiger partial charge in [-0.15, -0.1) is 0 Å². The third kappa shape index (κ3) is 4.78. The van der Waals surface area contributed by atoms with Crippen molar-refractivity contribution in [1.29, 1.82) is 0 Å². The fourth-order valence-corrected chi connectivity index (χ4v) is 3.07. The molecule has 6 nitrogen and oxygen atoms in total. The molecule has 0 unspecified atom stereocenters. The number of carbonyl (C=O) groups excluding carboxylic acids is 1. The summed E-state index contributed by atoms with van der Waals surface area (Å²) in [6.45, 7) is 5.31. The van der Waals surface area contributed by atoms with E-state index in [-0.39, 0.29) is 18.1 Å². The Kier molecular flexibility index (Phi) is 6.11. The molecule has 0 bridgehead atoms. The number of likely N-dealkylation sites (N-methyl/N-ethyl adjacent to an activating group) is 1. The molecule has 0 saturated heterocycles. The molecule has 0 atom stereocenters. The molecule has 0 spiro atoms. The van der Waals surface area contributed by atoms with Crippen molar-refractivity contribution in [3.8, 4) is 5.75 Å². The van der Waals surface area contributed by atoms with Gasteiger partial charge >= 0.3 is 5.63 Å². The molecule has 28 heavy (non-hydrogen) atoms. The lowest BCUT2D eigenvalue weighted by Crippen LogP contribution is -2.33. The number of methoxy groups -OCH3 is 1. The smallest absolute Gasteiger partial charge is 0.336 e. The van der Waals surface area contributed by atoms with E-state index < -0.39 is 0 Å². The van der Waals surface area contributed by atoms with Gasteiger partial charge in [-0.3, -0.25) is 9.69 Å². The Morgan fingerprint density at radius 1 is 1.14 bits per heavy atom. The third-order valence-electron chi connectivity index (χ3n) is 4.57. The second-order valence-corrected chi connectivity index (χ2v) is 6.67. The van der Waals surface area contributed by atoms with Gasteiger partial charge in [-0.1, -0.05) is 19.1 Å². The number of aryl methyl sites for hydroxylation is 1. The Hall–Kier alpha value is -3.12. The summed E-state index contributed by atoms with van der Waals surface area (Å²) in [6, 6.07) is 14.5. The highest BCUT2D eigenvalue weighted by Crippen LogP contribution is 2.20. The maximum absolute atomic E-state index is 12.4. The van der Waals surface area contributed by atoms with Crippen LogP contribution in [0.25, 0.3) is 11.0 Å². The minimum absolute atomic E-state index is 0.116. The average molecular weight is 380 g/mol. The van der Waals surface area contributed by atoms with E-state index >= 15 is 0 Å². The van der Waals surface area contributed by atoms with Crippen LogP contribution < -0.4 is 15.7 Å². The van der Waals surface area contributed by atoms with E-state index in [0.717, 1.165) is 22.3 Å². The van der Waals surface area contributed by atoms with Gasteiger partial charge < -0.3 is 14.5 Å². The predicted molar refractivity (Wildman–Crippen MR) is 110 cm³/mol. The largest absolute Gasteiger partial charge is 0.497 e. The fourth-order valence-electron chi connectivity index (χ4n) is 3.07. The topological polar surface area (TPSA) is 71.8 Å². The standard InChI is InChI=1S/C22H24N2O4/c1-4-24(14-21(25)23-17-6-8-18(27-3)9-7-17)13-16-12-22(26)28-20-11-15(2)5-10-19(16)20/h5-12H,4,13-14H2,1-3H3,(H,23,25). The SMILES string of the molecule is CCN(CC(=O)Nc1ccc(OC)cc1)Cc1cc(=O)oc2cc(C)ccc12. The number of fused-ring (bicyclic) bond motifs is 1. The predicted octanol–water partition coefficient (Wildman–Crippen LogP) is 3.57. The molecule has 1 N–H and O–H groups in total. The summed E-state index contributed by atoms with van der Waals surface area (Å²) < 4.78 is 10.4. The molecule has 146 valence electrons. The van der Waals surface area contributed by atoms with Gasteiger partial charge in [0.15, 0.2) is 0 Å². The monoisotopic (exact) mass is 380 g/mol. The van der Waals surface area contributed by atoms with Gasteiger partial charge in [0.25, 0.3) is 0 Å². The molecule has 0 aliphatic heterocycles. The summed E-state index contributed by atoms with van der Waals surface area (Å²) in [4.78, 5) is 26.3. The van der Waals surface area contributed by atoms with E-state index in [2.05, 4.69) is 5.32 Å². The highest BCUT2D eigenvalue weighted by Gasteiger charge is 2.13. The van der Waals surface area contributed by atoms with Crippen molar-refractivity contribution in [2.45, 2.75) is 20.4 Å². The van der Waals surface area contributed by atoms with Crippen LogP contribution in [0.15, 0.2) is 57.7 Å². The van der Waals surface area contributed by atoms with Gasteiger partial charge in [0.2, 0.25) is 5.91 Å². The summed E-state index contributed by atoms with van der Waals surface area (Å²) in [5.41, 5.74) is 2.78. The number of ether oxygens (including phenoxy) is 1. The first-order valence-electron chi connectivity index (χ1n) is 9.18. The zero-order valence-electron chi connectivity index (χ0n) is 16.3. The van der Waals surface area contributed by atoms with Crippen LogP contribution in [-0.4, -0.2) is 31.0 Å². The Morgan fingerprint density at radius 3 is 2.57 bits per heavy atom. The second kappa shape index (κ2) is 8.71. The maximum Gasteiger partial charge on any atom is 0.336 e. The van der Waals surface area contributed by atoms with Crippen molar-refractivity contribution in [2.24, 2.45) is 0 Å². The zero-order chi connectivity index (χ0) is 20.1. The minimum Gasteiger partial charge on any atom is -0.497 e. The van der Waals surface area contributed by atoms with Crippen molar-refractivity contribution in [1.82, 2.24) is 4.90 Å². The molecule has 1 heterocycles. The molecule has 0 fully saturated rings. The van der Waals surface area contributed by atoms with Crippen LogP contribution in [-0.2, 0) is 11.3 Å². The Labute approximate surface area is 163 Å². The van der Waals surface area contributed by atoms with E-state index in [1.807, 2.05) is 36.9 Å². The van der Waals surface area contributed by atoms with Gasteiger partial charge in [-0.2, -0.15) is 0 Å². The quantitative estimate of drug-likeness (QED) is 0.635. The fraction of sp³-hybridized carbons (Fsp3) is 0.273. The molecule has 1 amide bonds. The number of nitrogens with zero attached hydrogens (tertiary/aromatic N) is 1. The number of benzene rings is 2. The number of rotatable bonds is 7. The molecule has 3 aromatic rings. The number of nitrogens with one attached hydrogen (secondary N) is 1. The highest BCUT2D eigenvalue weighted by molar-refractivity contribution is 5.92. The van der Waals surface area contributed by atoms with E-state index in [0.29, 0.717) is 24.4 Å². The van der Waals surface area contributed by atoms with Crippen LogP contribution in [0.2, 0.25) is 0 Å². The lowest BCUT2D eigenvalue weighted by atomic mass is 10.1. The van der Waals surface area contributed by atoms with Crippen LogP contribution >= 0.6 is 0 Å². The first-order valence-corrected chi connectivity index (χ1v) is 9.18. The lowest BCUT2D eigenvalue weighted by molar-refractivity contribution is -0.117. The number of carbonyl (C=O) groups is 1. The Bertz CT molecular complexity index is 1020. The number of amides is 1. The Balaban J connectivity index is 1.72. The molecule has 0 aliphatic carbocycles. The third-order valence-corrected chi connectivity index (χ3v) is 4.57. The van der Waals surface area contributed by atoms with Crippen molar-refractivity contribution in [2.75, 3.05) is 25.5 Å². The van der Waals surface area contributed by atoms with Crippen LogP contribution in [0, 0.1) is 6.92 Å². The number of anilines is 1. The second-order valence-electron chi connectivity index (χ2n) is 6.67. The highest BCUT2D eigenvalue weighted by atomic mass is 16.5. The van der Waals surface area contributed by atoms with E-state index in [1.165, 1.54) is 6.07 Å². The first kappa shape index (κ1) is 19.6. The molecular formula is C22H24N2O4.